The lowest BCUT2D eigenvalue weighted by molar-refractivity contribution is 0.463. The van der Waals surface area contributed by atoms with E-state index in [4.69, 9.17) is 34.7 Å². The lowest BCUT2D eigenvalue weighted by atomic mass is 9.98. The molecular formula is C10H16Cl2N4. The summed E-state index contributed by atoms with van der Waals surface area (Å²) in [4.78, 5) is 0. The molecule has 90 valence electrons. The number of rotatable bonds is 5. The zero-order valence-corrected chi connectivity index (χ0v) is 10.4. The Kier molecular flexibility index (Phi) is 3.47. The van der Waals surface area contributed by atoms with Gasteiger partial charge >= 0.3 is 0 Å². The molecule has 16 heavy (non-hydrogen) atoms. The zero-order chi connectivity index (χ0) is 11.8. The minimum atomic E-state index is -0.624. The van der Waals surface area contributed by atoms with Gasteiger partial charge in [0.2, 0.25) is 0 Å². The molecule has 0 heterocycles. The van der Waals surface area contributed by atoms with Gasteiger partial charge in [-0.25, -0.2) is 0 Å². The van der Waals surface area contributed by atoms with Crippen LogP contribution in [0.5, 0.6) is 0 Å². The molecule has 0 radical (unpaired) electrons. The fraction of sp³-hybridized carbons (Fsp3) is 0.600. The number of hydrogen-bond donors (Lipinski definition) is 4. The maximum atomic E-state index is 6.17. The van der Waals surface area contributed by atoms with Crippen LogP contribution >= 0.6 is 23.2 Å². The van der Waals surface area contributed by atoms with E-state index in [1.807, 2.05) is 0 Å². The molecule has 0 spiro atoms. The van der Waals surface area contributed by atoms with Crippen LogP contribution in [0.3, 0.4) is 0 Å². The number of allylic oxidation sites excluding steroid dienone is 1. The van der Waals surface area contributed by atoms with E-state index in [1.165, 1.54) is 5.57 Å². The van der Waals surface area contributed by atoms with Crippen LogP contribution in [0.15, 0.2) is 23.4 Å². The molecule has 6 N–H and O–H groups in total. The van der Waals surface area contributed by atoms with Gasteiger partial charge in [-0.3, -0.25) is 5.32 Å². The molecule has 4 nitrogen and oxygen atoms in total. The van der Waals surface area contributed by atoms with Crippen molar-refractivity contribution in [3.8, 4) is 0 Å². The lowest BCUT2D eigenvalue weighted by Crippen LogP contribution is -2.52. The summed E-state index contributed by atoms with van der Waals surface area (Å²) >= 11 is 11.5. The molecule has 3 atom stereocenters. The predicted octanol–water partition coefficient (Wildman–Crippen LogP) is 0.527. The van der Waals surface area contributed by atoms with Crippen molar-refractivity contribution >= 4 is 23.2 Å². The Labute approximate surface area is 105 Å². The van der Waals surface area contributed by atoms with Crippen LogP contribution in [-0.4, -0.2) is 23.2 Å². The average molecular weight is 263 g/mol. The Balaban J connectivity index is 1.95. The van der Waals surface area contributed by atoms with Crippen molar-refractivity contribution in [3.63, 3.8) is 0 Å². The molecule has 0 saturated heterocycles. The molecule has 2 aliphatic carbocycles. The molecule has 0 aromatic heterocycles. The van der Waals surface area contributed by atoms with E-state index in [0.29, 0.717) is 5.88 Å². The van der Waals surface area contributed by atoms with Crippen molar-refractivity contribution < 1.29 is 0 Å². The Morgan fingerprint density at radius 2 is 2.31 bits per heavy atom. The van der Waals surface area contributed by atoms with Crippen molar-refractivity contribution in [2.24, 2.45) is 11.5 Å². The van der Waals surface area contributed by atoms with E-state index in [1.54, 1.807) is 0 Å². The molecule has 0 amide bonds. The molecule has 0 aromatic carbocycles. The number of hydrogen-bond acceptors (Lipinski definition) is 4. The molecule has 0 fully saturated rings. The van der Waals surface area contributed by atoms with Crippen molar-refractivity contribution in [2.45, 2.75) is 30.2 Å². The summed E-state index contributed by atoms with van der Waals surface area (Å²) in [5.41, 5.74) is 12.9. The first-order valence-electron chi connectivity index (χ1n) is 5.26. The van der Waals surface area contributed by atoms with Gasteiger partial charge in [-0.15, -0.1) is 11.6 Å². The molecule has 0 aliphatic heterocycles. The number of fused-ring (bicyclic) bond motifs is 1. The summed E-state index contributed by atoms with van der Waals surface area (Å²) in [5, 5.41) is 6.16. The van der Waals surface area contributed by atoms with E-state index >= 15 is 0 Å². The third-order valence-electron chi connectivity index (χ3n) is 2.90. The summed E-state index contributed by atoms with van der Waals surface area (Å²) in [5.74, 6) is 0.364. The Bertz CT molecular complexity index is 340. The van der Waals surface area contributed by atoms with Crippen LogP contribution in [0.4, 0.5) is 0 Å². The minimum Gasteiger partial charge on any atom is -0.370 e. The molecule has 2 rings (SSSR count). The molecule has 2 aliphatic rings. The summed E-state index contributed by atoms with van der Waals surface area (Å²) in [7, 11) is 0. The molecule has 0 bridgehead atoms. The third-order valence-corrected chi connectivity index (χ3v) is 3.34. The van der Waals surface area contributed by atoms with Gasteiger partial charge < -0.3 is 16.8 Å². The summed E-state index contributed by atoms with van der Waals surface area (Å²) in [6, 6.07) is 0. The standard InChI is InChI=1S/C10H16Cl2N4/c11-5-8(16-9(12)13)15-7-3-1-2-6-4-10(6,7)14/h3-4,8-9,15-16H,1-2,5,13-14H2. The highest BCUT2D eigenvalue weighted by Crippen LogP contribution is 2.43. The normalized spacial score (nSPS) is 31.0. The predicted molar refractivity (Wildman–Crippen MR) is 66.9 cm³/mol. The lowest BCUT2D eigenvalue weighted by Gasteiger charge is -2.28. The highest BCUT2D eigenvalue weighted by molar-refractivity contribution is 6.20. The van der Waals surface area contributed by atoms with Crippen LogP contribution in [0.2, 0.25) is 0 Å². The Morgan fingerprint density at radius 1 is 1.56 bits per heavy atom. The van der Waals surface area contributed by atoms with Gasteiger partial charge in [0.25, 0.3) is 0 Å². The number of nitrogens with one attached hydrogen (secondary N) is 2. The summed E-state index contributed by atoms with van der Waals surface area (Å²) in [6.45, 7) is 0. The monoisotopic (exact) mass is 262 g/mol. The van der Waals surface area contributed by atoms with Crippen molar-refractivity contribution in [3.05, 3.63) is 23.4 Å². The zero-order valence-electron chi connectivity index (χ0n) is 8.84. The van der Waals surface area contributed by atoms with E-state index in [-0.39, 0.29) is 11.7 Å². The second-order valence-corrected chi connectivity index (χ2v) is 4.89. The number of halogens is 2. The van der Waals surface area contributed by atoms with Crippen LogP contribution in [-0.2, 0) is 0 Å². The molecule has 6 heteroatoms. The molecule has 3 unspecified atom stereocenters. The van der Waals surface area contributed by atoms with Crippen molar-refractivity contribution in [1.29, 1.82) is 0 Å². The molecular weight excluding hydrogens is 247 g/mol. The number of nitrogens with two attached hydrogens (primary N) is 2. The quantitative estimate of drug-likeness (QED) is 0.252. The van der Waals surface area contributed by atoms with Crippen LogP contribution in [0.1, 0.15) is 12.8 Å². The highest BCUT2D eigenvalue weighted by atomic mass is 35.5. The Morgan fingerprint density at radius 3 is 2.94 bits per heavy atom. The first-order valence-corrected chi connectivity index (χ1v) is 6.23. The van der Waals surface area contributed by atoms with E-state index in [0.717, 1.165) is 18.5 Å². The first kappa shape index (κ1) is 12.2. The van der Waals surface area contributed by atoms with Gasteiger partial charge in [0, 0.05) is 5.70 Å². The van der Waals surface area contributed by atoms with E-state index in [9.17, 15) is 0 Å². The van der Waals surface area contributed by atoms with Crippen molar-refractivity contribution in [1.82, 2.24) is 10.6 Å². The van der Waals surface area contributed by atoms with E-state index < -0.39 is 5.62 Å². The second-order valence-electron chi connectivity index (χ2n) is 4.11. The van der Waals surface area contributed by atoms with Gasteiger partial charge in [0.15, 0.2) is 0 Å². The highest BCUT2D eigenvalue weighted by Gasteiger charge is 2.45. The molecule has 0 aromatic rings. The van der Waals surface area contributed by atoms with Crippen LogP contribution < -0.4 is 22.1 Å². The minimum absolute atomic E-state index is 0.172. The topological polar surface area (TPSA) is 76.1 Å². The summed E-state index contributed by atoms with van der Waals surface area (Å²) < 4.78 is 0. The maximum Gasteiger partial charge on any atom is 0.134 e. The third kappa shape index (κ3) is 2.36. The summed E-state index contributed by atoms with van der Waals surface area (Å²) in [6.07, 6.45) is 6.07. The van der Waals surface area contributed by atoms with Gasteiger partial charge in [-0.2, -0.15) is 0 Å². The first-order chi connectivity index (χ1) is 7.56. The van der Waals surface area contributed by atoms with Crippen LogP contribution in [0, 0.1) is 0 Å². The van der Waals surface area contributed by atoms with E-state index in [2.05, 4.69) is 22.8 Å². The smallest absolute Gasteiger partial charge is 0.134 e. The fourth-order valence-electron chi connectivity index (χ4n) is 1.99. The SMILES string of the molecule is NC(Cl)NC(CCl)NC1=CCCC2=CC21N. The maximum absolute atomic E-state index is 6.17. The molecule has 0 saturated carbocycles. The van der Waals surface area contributed by atoms with Crippen molar-refractivity contribution in [2.75, 3.05) is 5.88 Å². The van der Waals surface area contributed by atoms with Gasteiger partial charge in [-0.1, -0.05) is 23.8 Å². The van der Waals surface area contributed by atoms with Gasteiger partial charge in [0.05, 0.1) is 17.6 Å². The second kappa shape index (κ2) is 4.55. The van der Waals surface area contributed by atoms with Gasteiger partial charge in [0.1, 0.15) is 5.62 Å². The fourth-order valence-corrected chi connectivity index (χ4v) is 2.31. The van der Waals surface area contributed by atoms with Crippen LogP contribution in [0.25, 0.3) is 0 Å². The average Bonchev–Trinajstić information content (AvgIpc) is 2.89. The number of alkyl halides is 2. The largest absolute Gasteiger partial charge is 0.370 e. The Hall–Kier alpha value is -0.260. The van der Waals surface area contributed by atoms with Gasteiger partial charge in [-0.05, 0) is 18.4 Å².